The first kappa shape index (κ1) is 14.7. The molecule has 0 fully saturated rings. The van der Waals surface area contributed by atoms with Crippen LogP contribution in [0.2, 0.25) is 0 Å². The molecule has 0 aromatic heterocycles. The number of alkyl carbamates (subject to hydrolysis) is 1. The zero-order valence-electron chi connectivity index (χ0n) is 10.4. The highest BCUT2D eigenvalue weighted by Gasteiger charge is 2.20. The standard InChI is InChI=1S/C11H21NO4/c1-5-6-9(10(13)15-4)12-11(14)16-7-8(2)3/h8-9H,5-7H2,1-4H3,(H,12,14). The Kier molecular flexibility index (Phi) is 7.33. The third kappa shape index (κ3) is 6.27. The van der Waals surface area contributed by atoms with Crippen LogP contribution in [0.3, 0.4) is 0 Å². The lowest BCUT2D eigenvalue weighted by Crippen LogP contribution is -2.42. The Hall–Kier alpha value is -1.26. The predicted molar refractivity (Wildman–Crippen MR) is 60.0 cm³/mol. The largest absolute Gasteiger partial charge is 0.467 e. The topological polar surface area (TPSA) is 64.6 Å². The van der Waals surface area contributed by atoms with Gasteiger partial charge in [-0.15, -0.1) is 0 Å². The Bertz CT molecular complexity index is 228. The van der Waals surface area contributed by atoms with Gasteiger partial charge in [-0.3, -0.25) is 0 Å². The molecule has 1 atom stereocenters. The Morgan fingerprint density at radius 2 is 1.94 bits per heavy atom. The Morgan fingerprint density at radius 3 is 2.38 bits per heavy atom. The van der Waals surface area contributed by atoms with E-state index in [9.17, 15) is 9.59 Å². The summed E-state index contributed by atoms with van der Waals surface area (Å²) >= 11 is 0. The van der Waals surface area contributed by atoms with Gasteiger partial charge in [0.25, 0.3) is 0 Å². The summed E-state index contributed by atoms with van der Waals surface area (Å²) in [7, 11) is 1.30. The van der Waals surface area contributed by atoms with E-state index in [0.29, 0.717) is 13.0 Å². The first-order valence-electron chi connectivity index (χ1n) is 5.52. The lowest BCUT2D eigenvalue weighted by atomic mass is 10.2. The second-order valence-electron chi connectivity index (χ2n) is 4.00. The van der Waals surface area contributed by atoms with E-state index in [-0.39, 0.29) is 5.92 Å². The summed E-state index contributed by atoms with van der Waals surface area (Å²) in [5.74, 6) is -0.170. The van der Waals surface area contributed by atoms with Gasteiger partial charge in [-0.2, -0.15) is 0 Å². The van der Waals surface area contributed by atoms with Gasteiger partial charge >= 0.3 is 12.1 Å². The smallest absolute Gasteiger partial charge is 0.407 e. The van der Waals surface area contributed by atoms with E-state index in [0.717, 1.165) is 6.42 Å². The zero-order valence-corrected chi connectivity index (χ0v) is 10.4. The normalized spacial score (nSPS) is 12.1. The molecule has 1 N–H and O–H groups in total. The lowest BCUT2D eigenvalue weighted by Gasteiger charge is -2.16. The van der Waals surface area contributed by atoms with Gasteiger partial charge in [-0.1, -0.05) is 27.2 Å². The molecule has 0 aromatic rings. The first-order chi connectivity index (χ1) is 7.51. The summed E-state index contributed by atoms with van der Waals surface area (Å²) < 4.78 is 9.50. The summed E-state index contributed by atoms with van der Waals surface area (Å²) in [5.41, 5.74) is 0. The third-order valence-corrected chi connectivity index (χ3v) is 1.90. The summed E-state index contributed by atoms with van der Waals surface area (Å²) in [6.45, 7) is 6.15. The molecule has 0 bridgehead atoms. The zero-order chi connectivity index (χ0) is 12.6. The van der Waals surface area contributed by atoms with Crippen LogP contribution in [-0.4, -0.2) is 31.8 Å². The molecule has 16 heavy (non-hydrogen) atoms. The molecule has 0 saturated carbocycles. The fourth-order valence-electron chi connectivity index (χ4n) is 1.11. The maximum absolute atomic E-state index is 11.3. The van der Waals surface area contributed by atoms with Gasteiger partial charge in [0, 0.05) is 0 Å². The minimum Gasteiger partial charge on any atom is -0.467 e. The molecular weight excluding hydrogens is 210 g/mol. The molecular formula is C11H21NO4. The minimum atomic E-state index is -0.616. The van der Waals surface area contributed by atoms with Gasteiger partial charge in [0.2, 0.25) is 0 Å². The monoisotopic (exact) mass is 231 g/mol. The second kappa shape index (κ2) is 7.96. The van der Waals surface area contributed by atoms with Crippen LogP contribution in [0.5, 0.6) is 0 Å². The van der Waals surface area contributed by atoms with Crippen LogP contribution >= 0.6 is 0 Å². The highest BCUT2D eigenvalue weighted by Crippen LogP contribution is 2.00. The summed E-state index contributed by atoms with van der Waals surface area (Å²) in [6, 6.07) is -0.616. The van der Waals surface area contributed by atoms with E-state index >= 15 is 0 Å². The number of ether oxygens (including phenoxy) is 2. The average Bonchev–Trinajstić information content (AvgIpc) is 2.24. The van der Waals surface area contributed by atoms with Gasteiger partial charge in [0.15, 0.2) is 0 Å². The molecule has 0 radical (unpaired) electrons. The van der Waals surface area contributed by atoms with Crippen molar-refractivity contribution in [1.29, 1.82) is 0 Å². The number of esters is 1. The lowest BCUT2D eigenvalue weighted by molar-refractivity contribution is -0.143. The number of hydrogen-bond donors (Lipinski definition) is 1. The molecule has 0 spiro atoms. The van der Waals surface area contributed by atoms with E-state index in [2.05, 4.69) is 10.1 Å². The van der Waals surface area contributed by atoms with Crippen LogP contribution in [0.15, 0.2) is 0 Å². The van der Waals surface area contributed by atoms with Crippen LogP contribution < -0.4 is 5.32 Å². The summed E-state index contributed by atoms with van der Waals surface area (Å²) in [5, 5.41) is 2.49. The van der Waals surface area contributed by atoms with E-state index in [1.165, 1.54) is 7.11 Å². The summed E-state index contributed by atoms with van der Waals surface area (Å²) in [6.07, 6.45) is 0.755. The van der Waals surface area contributed by atoms with Crippen LogP contribution in [0.1, 0.15) is 33.6 Å². The molecule has 94 valence electrons. The third-order valence-electron chi connectivity index (χ3n) is 1.90. The molecule has 0 aromatic carbocycles. The SMILES string of the molecule is CCCC(NC(=O)OCC(C)C)C(=O)OC. The molecule has 0 aliphatic heterocycles. The van der Waals surface area contributed by atoms with Gasteiger partial charge in [0.1, 0.15) is 6.04 Å². The number of rotatable bonds is 6. The maximum atomic E-state index is 11.3. The van der Waals surface area contributed by atoms with Crippen molar-refractivity contribution in [1.82, 2.24) is 5.32 Å². The van der Waals surface area contributed by atoms with Crippen molar-refractivity contribution >= 4 is 12.1 Å². The van der Waals surface area contributed by atoms with Gasteiger partial charge in [-0.05, 0) is 12.3 Å². The molecule has 1 unspecified atom stereocenters. The Balaban J connectivity index is 4.07. The number of nitrogens with one attached hydrogen (secondary N) is 1. The fourth-order valence-corrected chi connectivity index (χ4v) is 1.11. The quantitative estimate of drug-likeness (QED) is 0.707. The number of carbonyl (C=O) groups excluding carboxylic acids is 2. The molecule has 0 aliphatic rings. The van der Waals surface area contributed by atoms with Gasteiger partial charge < -0.3 is 14.8 Å². The van der Waals surface area contributed by atoms with E-state index in [1.807, 2.05) is 20.8 Å². The number of amides is 1. The van der Waals surface area contributed by atoms with Crippen LogP contribution in [0.4, 0.5) is 4.79 Å². The van der Waals surface area contributed by atoms with Crippen molar-refractivity contribution in [3.8, 4) is 0 Å². The minimum absolute atomic E-state index is 0.272. The average molecular weight is 231 g/mol. The van der Waals surface area contributed by atoms with E-state index in [4.69, 9.17) is 4.74 Å². The molecule has 5 nitrogen and oxygen atoms in total. The van der Waals surface area contributed by atoms with Crippen LogP contribution in [0.25, 0.3) is 0 Å². The fraction of sp³-hybridized carbons (Fsp3) is 0.818. The van der Waals surface area contributed by atoms with Crippen molar-refractivity contribution < 1.29 is 19.1 Å². The molecule has 0 saturated heterocycles. The molecule has 0 rings (SSSR count). The van der Waals surface area contributed by atoms with Crippen LogP contribution in [-0.2, 0) is 14.3 Å². The molecule has 1 amide bonds. The molecule has 5 heteroatoms. The first-order valence-corrected chi connectivity index (χ1v) is 5.52. The van der Waals surface area contributed by atoms with Crippen molar-refractivity contribution in [2.24, 2.45) is 5.92 Å². The highest BCUT2D eigenvalue weighted by molar-refractivity contribution is 5.81. The Labute approximate surface area is 96.5 Å². The van der Waals surface area contributed by atoms with Crippen molar-refractivity contribution in [3.63, 3.8) is 0 Å². The number of carbonyl (C=O) groups is 2. The Morgan fingerprint density at radius 1 is 1.31 bits per heavy atom. The number of hydrogen-bond acceptors (Lipinski definition) is 4. The van der Waals surface area contributed by atoms with E-state index < -0.39 is 18.1 Å². The maximum Gasteiger partial charge on any atom is 0.407 e. The van der Waals surface area contributed by atoms with Crippen LogP contribution in [0, 0.1) is 5.92 Å². The molecule has 0 heterocycles. The van der Waals surface area contributed by atoms with Crippen molar-refractivity contribution in [2.75, 3.05) is 13.7 Å². The van der Waals surface area contributed by atoms with Gasteiger partial charge in [0.05, 0.1) is 13.7 Å². The highest BCUT2D eigenvalue weighted by atomic mass is 16.6. The predicted octanol–water partition coefficient (Wildman–Crippen LogP) is 1.71. The summed E-state index contributed by atoms with van der Waals surface area (Å²) in [4.78, 5) is 22.6. The van der Waals surface area contributed by atoms with Crippen molar-refractivity contribution in [3.05, 3.63) is 0 Å². The van der Waals surface area contributed by atoms with Gasteiger partial charge in [-0.25, -0.2) is 9.59 Å². The molecule has 0 aliphatic carbocycles. The number of methoxy groups -OCH3 is 1. The van der Waals surface area contributed by atoms with E-state index in [1.54, 1.807) is 0 Å². The second-order valence-corrected chi connectivity index (χ2v) is 4.00. The van der Waals surface area contributed by atoms with Crippen molar-refractivity contribution in [2.45, 2.75) is 39.7 Å².